The van der Waals surface area contributed by atoms with Crippen LogP contribution >= 0.6 is 0 Å². The van der Waals surface area contributed by atoms with Gasteiger partial charge in [0.25, 0.3) is 0 Å². The number of carboxylic acid groups (broad SMARTS) is 1. The molecule has 19 heavy (non-hydrogen) atoms. The van der Waals surface area contributed by atoms with E-state index in [9.17, 15) is 9.90 Å². The summed E-state index contributed by atoms with van der Waals surface area (Å²) in [7, 11) is 0. The molecule has 1 aliphatic rings. The summed E-state index contributed by atoms with van der Waals surface area (Å²) < 4.78 is 0. The van der Waals surface area contributed by atoms with Crippen LogP contribution in [0.25, 0.3) is 0 Å². The van der Waals surface area contributed by atoms with Crippen molar-refractivity contribution in [3.8, 4) is 0 Å². The highest BCUT2D eigenvalue weighted by Crippen LogP contribution is 2.32. The van der Waals surface area contributed by atoms with Crippen molar-refractivity contribution in [2.75, 3.05) is 0 Å². The maximum Gasteiger partial charge on any atom is 0.310 e. The van der Waals surface area contributed by atoms with E-state index >= 15 is 0 Å². The molecule has 2 heteroatoms. The quantitative estimate of drug-likeness (QED) is 0.688. The zero-order chi connectivity index (χ0) is 14.3. The molecule has 1 unspecified atom stereocenters. The number of rotatable bonds is 6. The molecule has 0 aromatic carbocycles. The number of hydrogen-bond donors (Lipinski definition) is 1. The van der Waals surface area contributed by atoms with Crippen molar-refractivity contribution in [1.29, 1.82) is 0 Å². The summed E-state index contributed by atoms with van der Waals surface area (Å²) in [6.07, 6.45) is 12.0. The van der Waals surface area contributed by atoms with Crippen molar-refractivity contribution >= 4 is 5.97 Å². The minimum absolute atomic E-state index is 0.271. The Morgan fingerprint density at radius 3 is 2.37 bits per heavy atom. The van der Waals surface area contributed by atoms with Gasteiger partial charge in [-0.05, 0) is 52.4 Å². The smallest absolute Gasteiger partial charge is 0.310 e. The van der Waals surface area contributed by atoms with Crippen LogP contribution in [-0.2, 0) is 4.79 Å². The van der Waals surface area contributed by atoms with Crippen LogP contribution in [0.2, 0.25) is 0 Å². The fourth-order valence-electron chi connectivity index (χ4n) is 2.88. The summed E-state index contributed by atoms with van der Waals surface area (Å²) in [5.74, 6) is -0.565. The predicted octanol–water partition coefficient (Wildman–Crippen LogP) is 4.96. The van der Waals surface area contributed by atoms with Crippen LogP contribution in [0.3, 0.4) is 0 Å². The Kier molecular flexibility index (Phi) is 6.90. The second-order valence-corrected chi connectivity index (χ2v) is 6.10. The third kappa shape index (κ3) is 6.09. The minimum atomic E-state index is -0.645. The first kappa shape index (κ1) is 16.0. The molecule has 108 valence electrons. The average Bonchev–Trinajstić information content (AvgIpc) is 2.36. The van der Waals surface area contributed by atoms with Gasteiger partial charge in [-0.3, -0.25) is 4.79 Å². The molecule has 0 saturated heterocycles. The van der Waals surface area contributed by atoms with Crippen molar-refractivity contribution in [2.24, 2.45) is 11.8 Å². The largest absolute Gasteiger partial charge is 0.481 e. The summed E-state index contributed by atoms with van der Waals surface area (Å²) in [5, 5.41) is 9.43. The first-order valence-corrected chi connectivity index (χ1v) is 7.54. The molecule has 0 aromatic heterocycles. The molecular weight excluding hydrogens is 236 g/mol. The monoisotopic (exact) mass is 264 g/mol. The Labute approximate surface area is 117 Å². The number of hydrogen-bond acceptors (Lipinski definition) is 1. The van der Waals surface area contributed by atoms with Gasteiger partial charge < -0.3 is 5.11 Å². The highest BCUT2D eigenvalue weighted by atomic mass is 16.4. The third-order valence-electron chi connectivity index (χ3n) is 4.00. The number of carbonyl (C=O) groups is 1. The molecule has 0 aliphatic heterocycles. The Hall–Kier alpha value is -1.05. The molecule has 2 nitrogen and oxygen atoms in total. The molecule has 1 saturated carbocycles. The van der Waals surface area contributed by atoms with E-state index in [2.05, 4.69) is 26.8 Å². The van der Waals surface area contributed by atoms with Crippen LogP contribution in [0.1, 0.15) is 65.7 Å². The van der Waals surface area contributed by atoms with Crippen LogP contribution in [0, 0.1) is 11.8 Å². The van der Waals surface area contributed by atoms with E-state index in [0.717, 1.165) is 25.7 Å². The Morgan fingerprint density at radius 1 is 1.21 bits per heavy atom. The molecule has 0 bridgehead atoms. The lowest BCUT2D eigenvalue weighted by Crippen LogP contribution is -2.24. The van der Waals surface area contributed by atoms with Gasteiger partial charge in [0, 0.05) is 0 Å². The van der Waals surface area contributed by atoms with Gasteiger partial charge in [-0.25, -0.2) is 0 Å². The Morgan fingerprint density at radius 2 is 1.84 bits per heavy atom. The molecule has 1 rings (SSSR count). The van der Waals surface area contributed by atoms with Crippen molar-refractivity contribution in [3.05, 3.63) is 23.3 Å². The van der Waals surface area contributed by atoms with E-state index in [1.165, 1.54) is 30.4 Å². The fraction of sp³-hybridized carbons (Fsp3) is 0.706. The maximum atomic E-state index is 11.5. The van der Waals surface area contributed by atoms with Crippen molar-refractivity contribution in [2.45, 2.75) is 65.7 Å². The molecule has 0 heterocycles. The second-order valence-electron chi connectivity index (χ2n) is 6.10. The van der Waals surface area contributed by atoms with Gasteiger partial charge in [0.05, 0.1) is 5.92 Å². The van der Waals surface area contributed by atoms with E-state index in [4.69, 9.17) is 0 Å². The first-order valence-electron chi connectivity index (χ1n) is 7.54. The fourth-order valence-corrected chi connectivity index (χ4v) is 2.88. The zero-order valence-electron chi connectivity index (χ0n) is 12.6. The molecule has 1 aliphatic carbocycles. The molecule has 1 N–H and O–H groups in total. The maximum absolute atomic E-state index is 11.5. The Balaban J connectivity index is 2.60. The molecule has 0 spiro atoms. The topological polar surface area (TPSA) is 37.3 Å². The van der Waals surface area contributed by atoms with E-state index in [0.29, 0.717) is 5.92 Å². The Bertz CT molecular complexity index is 342. The van der Waals surface area contributed by atoms with Gasteiger partial charge in [-0.15, -0.1) is 0 Å². The third-order valence-corrected chi connectivity index (χ3v) is 4.00. The van der Waals surface area contributed by atoms with E-state index in [1.54, 1.807) is 0 Å². The van der Waals surface area contributed by atoms with Gasteiger partial charge in [-0.1, -0.05) is 42.6 Å². The van der Waals surface area contributed by atoms with Crippen LogP contribution in [0.5, 0.6) is 0 Å². The number of aliphatic carboxylic acids is 1. The second kappa shape index (κ2) is 8.19. The number of allylic oxidation sites excluding steroid dienone is 3. The number of carboxylic acids is 1. The lowest BCUT2D eigenvalue weighted by molar-refractivity contribution is -0.142. The summed E-state index contributed by atoms with van der Waals surface area (Å²) in [6.45, 7) is 6.26. The van der Waals surface area contributed by atoms with Crippen molar-refractivity contribution in [3.63, 3.8) is 0 Å². The van der Waals surface area contributed by atoms with Crippen molar-refractivity contribution < 1.29 is 9.90 Å². The lowest BCUT2D eigenvalue weighted by Gasteiger charge is -2.26. The summed E-state index contributed by atoms with van der Waals surface area (Å²) in [5.41, 5.74) is 2.55. The predicted molar refractivity (Wildman–Crippen MR) is 80.1 cm³/mol. The van der Waals surface area contributed by atoms with Crippen LogP contribution in [-0.4, -0.2) is 11.1 Å². The van der Waals surface area contributed by atoms with Gasteiger partial charge in [0.1, 0.15) is 0 Å². The van der Waals surface area contributed by atoms with Crippen molar-refractivity contribution in [1.82, 2.24) is 0 Å². The normalized spacial score (nSPS) is 19.0. The summed E-state index contributed by atoms with van der Waals surface area (Å²) >= 11 is 0. The minimum Gasteiger partial charge on any atom is -0.481 e. The standard InChI is InChI=1S/C17H28O2/c1-13(2)8-7-9-14(3)12-16(17(18)19)15-10-5-4-6-11-15/h8,12,15-16H,4-7,9-11H2,1-3H3,(H,18,19). The van der Waals surface area contributed by atoms with Gasteiger partial charge in [-0.2, -0.15) is 0 Å². The van der Waals surface area contributed by atoms with E-state index in [-0.39, 0.29) is 5.92 Å². The van der Waals surface area contributed by atoms with Crippen LogP contribution < -0.4 is 0 Å². The van der Waals surface area contributed by atoms with Gasteiger partial charge in [0.2, 0.25) is 0 Å². The van der Waals surface area contributed by atoms with Crippen LogP contribution in [0.15, 0.2) is 23.3 Å². The molecule has 1 fully saturated rings. The molecule has 0 amide bonds. The molecule has 1 atom stereocenters. The lowest BCUT2D eigenvalue weighted by atomic mass is 9.79. The zero-order valence-corrected chi connectivity index (χ0v) is 12.6. The van der Waals surface area contributed by atoms with Crippen LogP contribution in [0.4, 0.5) is 0 Å². The molecular formula is C17H28O2. The van der Waals surface area contributed by atoms with E-state index in [1.807, 2.05) is 6.08 Å². The summed E-state index contributed by atoms with van der Waals surface area (Å²) in [4.78, 5) is 11.5. The molecule has 0 radical (unpaired) electrons. The first-order chi connectivity index (χ1) is 9.00. The van der Waals surface area contributed by atoms with Gasteiger partial charge in [0.15, 0.2) is 0 Å². The van der Waals surface area contributed by atoms with Gasteiger partial charge >= 0.3 is 5.97 Å². The average molecular weight is 264 g/mol. The molecule has 0 aromatic rings. The highest BCUT2D eigenvalue weighted by molar-refractivity contribution is 5.72. The highest BCUT2D eigenvalue weighted by Gasteiger charge is 2.27. The summed E-state index contributed by atoms with van der Waals surface area (Å²) in [6, 6.07) is 0. The van der Waals surface area contributed by atoms with E-state index < -0.39 is 5.97 Å². The SMILES string of the molecule is CC(C)=CCCC(C)=CC(C(=O)O)C1CCCCC1.